The predicted molar refractivity (Wildman–Crippen MR) is 168 cm³/mol. The quantitative estimate of drug-likeness (QED) is 0.181. The van der Waals surface area contributed by atoms with Crippen LogP contribution in [0.25, 0.3) is 0 Å². The number of urea groups is 1. The van der Waals surface area contributed by atoms with Gasteiger partial charge in [0.05, 0.1) is 27.2 Å². The minimum absolute atomic E-state index is 0.144. The zero-order valence-electron chi connectivity index (χ0n) is 26.8. The van der Waals surface area contributed by atoms with Gasteiger partial charge in [0.2, 0.25) is 0 Å². The van der Waals surface area contributed by atoms with Crippen LogP contribution in [0.2, 0.25) is 0 Å². The maximum absolute atomic E-state index is 12.3. The summed E-state index contributed by atoms with van der Waals surface area (Å²) in [6.45, 7) is 5.17. The first kappa shape index (κ1) is 32.5. The van der Waals surface area contributed by atoms with E-state index in [9.17, 15) is 9.59 Å². The van der Waals surface area contributed by atoms with E-state index in [0.717, 1.165) is 34.1 Å². The number of benzene rings is 2. The number of aromatic nitrogens is 2. The highest BCUT2D eigenvalue weighted by Crippen LogP contribution is 2.44. The lowest BCUT2D eigenvalue weighted by Gasteiger charge is -2.29. The lowest BCUT2D eigenvalue weighted by Crippen LogP contribution is -2.45. The van der Waals surface area contributed by atoms with Crippen molar-refractivity contribution in [3.8, 4) is 11.5 Å². The third-order valence-corrected chi connectivity index (χ3v) is 8.14. The molecule has 252 valence electrons. The van der Waals surface area contributed by atoms with Crippen LogP contribution in [0.1, 0.15) is 43.1 Å². The molecule has 6 rings (SSSR count). The van der Waals surface area contributed by atoms with Gasteiger partial charge in [-0.3, -0.25) is 20.0 Å². The van der Waals surface area contributed by atoms with Gasteiger partial charge in [-0.1, -0.05) is 24.3 Å². The molecule has 5 N–H and O–H groups in total. The van der Waals surface area contributed by atoms with Crippen LogP contribution in [0, 0.1) is 0 Å². The summed E-state index contributed by atoms with van der Waals surface area (Å²) < 4.78 is 36.5. The van der Waals surface area contributed by atoms with Gasteiger partial charge in [0.1, 0.15) is 60.6 Å². The van der Waals surface area contributed by atoms with Crippen LogP contribution in [0.3, 0.4) is 0 Å². The summed E-state index contributed by atoms with van der Waals surface area (Å²) in [6.07, 6.45) is -0.436. The molecule has 4 heterocycles. The smallest absolute Gasteiger partial charge is 0.325 e. The maximum atomic E-state index is 12.3. The van der Waals surface area contributed by atoms with Crippen LogP contribution >= 0.6 is 0 Å². The number of amides is 2. The number of imidazole rings is 1. The molecule has 0 spiro atoms. The second kappa shape index (κ2) is 14.1. The number of rotatable bonds is 12. The van der Waals surface area contributed by atoms with Crippen LogP contribution in [-0.2, 0) is 36.9 Å². The Bertz CT molecular complexity index is 1530. The average Bonchev–Trinajstić information content (AvgIpc) is 3.75. The van der Waals surface area contributed by atoms with E-state index in [4.69, 9.17) is 28.7 Å². The van der Waals surface area contributed by atoms with Crippen LogP contribution in [0.5, 0.6) is 11.5 Å². The Labute approximate surface area is 272 Å². The van der Waals surface area contributed by atoms with E-state index in [-0.39, 0.29) is 19.3 Å². The zero-order valence-corrected chi connectivity index (χ0v) is 26.8. The molecule has 15 nitrogen and oxygen atoms in total. The molecule has 2 aromatic carbocycles. The number of hydrogen-bond acceptors (Lipinski definition) is 12. The van der Waals surface area contributed by atoms with Crippen LogP contribution in [-0.4, -0.2) is 79.6 Å². The molecule has 0 bridgehead atoms. The van der Waals surface area contributed by atoms with Crippen molar-refractivity contribution in [1.29, 1.82) is 0 Å². The number of nitrogens with one attached hydrogen (secondary N) is 5. The van der Waals surface area contributed by atoms with Gasteiger partial charge >= 0.3 is 12.0 Å². The van der Waals surface area contributed by atoms with E-state index in [1.807, 2.05) is 66.9 Å². The number of anilines is 1. The van der Waals surface area contributed by atoms with Gasteiger partial charge in [-0.2, -0.15) is 0 Å². The van der Waals surface area contributed by atoms with Crippen molar-refractivity contribution in [2.75, 3.05) is 39.3 Å². The zero-order chi connectivity index (χ0) is 33.0. The van der Waals surface area contributed by atoms with Crippen LogP contribution in [0.15, 0.2) is 54.9 Å². The molecule has 3 aliphatic heterocycles. The Kier molecular flexibility index (Phi) is 9.79. The fourth-order valence-electron chi connectivity index (χ4n) is 5.80. The molecule has 2 amide bonds. The minimum Gasteiger partial charge on any atom is -0.497 e. The second-order valence-electron chi connectivity index (χ2n) is 11.8. The van der Waals surface area contributed by atoms with Gasteiger partial charge in [-0.15, -0.1) is 0 Å². The number of esters is 1. The predicted octanol–water partition coefficient (Wildman–Crippen LogP) is 2.12. The normalized spacial score (nSPS) is 24.0. The number of ether oxygens (including phenoxy) is 6. The van der Waals surface area contributed by atoms with Crippen molar-refractivity contribution in [2.45, 2.75) is 63.5 Å². The molecule has 5 atom stereocenters. The fraction of sp³-hybridized carbons (Fsp3) is 0.469. The van der Waals surface area contributed by atoms with E-state index in [1.54, 1.807) is 13.4 Å². The number of hydrogen-bond donors (Lipinski definition) is 5. The van der Waals surface area contributed by atoms with Gasteiger partial charge in [-0.05, 0) is 49.2 Å². The van der Waals surface area contributed by atoms with Crippen molar-refractivity contribution in [3.05, 3.63) is 71.7 Å². The largest absolute Gasteiger partial charge is 0.497 e. The van der Waals surface area contributed by atoms with Crippen molar-refractivity contribution in [1.82, 2.24) is 30.8 Å². The Balaban J connectivity index is 1.06. The number of methoxy groups -OCH3 is 2. The Hall–Kier alpha value is -4.41. The standard InChI is InChI=1S/C32H41N7O8/c1-32(2)46-26-23(14-34-31(41)35-15-24(40)43-4)45-30(27(26)47-32)39-18-38-25-28(36-17-37-29(25)39)33-13-19-5-11-22(12-6-19)44-16-20-7-9-21(42-3)10-8-20/h5-12,18,23,26-28,30,33,36-37H,13-17H2,1-4H3,(H2,34,35,41)/t23-,26?,27?,28?,30-/m1/s1. The lowest BCUT2D eigenvalue weighted by atomic mass is 10.1. The van der Waals surface area contributed by atoms with Crippen molar-refractivity contribution < 1.29 is 38.0 Å². The number of nitrogens with zero attached hydrogens (tertiary/aromatic N) is 2. The van der Waals surface area contributed by atoms with Crippen molar-refractivity contribution in [3.63, 3.8) is 0 Å². The van der Waals surface area contributed by atoms with Crippen molar-refractivity contribution in [2.24, 2.45) is 0 Å². The van der Waals surface area contributed by atoms with Crippen LogP contribution in [0.4, 0.5) is 10.6 Å². The molecular weight excluding hydrogens is 610 g/mol. The first-order chi connectivity index (χ1) is 22.7. The Morgan fingerprint density at radius 2 is 1.72 bits per heavy atom. The molecule has 2 saturated heterocycles. The average molecular weight is 652 g/mol. The lowest BCUT2D eigenvalue weighted by molar-refractivity contribution is -0.195. The first-order valence-corrected chi connectivity index (χ1v) is 15.4. The number of fused-ring (bicyclic) bond motifs is 2. The van der Waals surface area contributed by atoms with E-state index in [2.05, 4.69) is 31.3 Å². The summed E-state index contributed by atoms with van der Waals surface area (Å²) in [5, 5.41) is 15.5. The highest BCUT2D eigenvalue weighted by atomic mass is 16.8. The molecule has 15 heteroatoms. The van der Waals surface area contributed by atoms with Gasteiger partial charge in [0.25, 0.3) is 0 Å². The molecule has 3 aromatic rings. The minimum atomic E-state index is -0.835. The monoisotopic (exact) mass is 651 g/mol. The maximum Gasteiger partial charge on any atom is 0.325 e. The second-order valence-corrected chi connectivity index (χ2v) is 11.8. The molecule has 3 aliphatic rings. The Morgan fingerprint density at radius 3 is 2.47 bits per heavy atom. The summed E-state index contributed by atoms with van der Waals surface area (Å²) in [5.41, 5.74) is 2.94. The van der Waals surface area contributed by atoms with E-state index < -0.39 is 42.3 Å². The van der Waals surface area contributed by atoms with E-state index >= 15 is 0 Å². The van der Waals surface area contributed by atoms with Gasteiger partial charge in [0.15, 0.2) is 12.0 Å². The summed E-state index contributed by atoms with van der Waals surface area (Å²) in [6, 6.07) is 15.3. The van der Waals surface area contributed by atoms with E-state index in [0.29, 0.717) is 19.8 Å². The topological polar surface area (TPSA) is 167 Å². The number of carbonyl (C=O) groups excluding carboxylic acids is 2. The molecule has 1 aromatic heterocycles. The molecule has 47 heavy (non-hydrogen) atoms. The summed E-state index contributed by atoms with van der Waals surface area (Å²) in [7, 11) is 2.90. The third kappa shape index (κ3) is 7.60. The molecule has 0 aliphatic carbocycles. The number of carbonyl (C=O) groups is 2. The summed E-state index contributed by atoms with van der Waals surface area (Å²) in [5.74, 6) is 1.02. The fourth-order valence-corrected chi connectivity index (χ4v) is 5.80. The Morgan fingerprint density at radius 1 is 1.00 bits per heavy atom. The molecule has 0 radical (unpaired) electrons. The van der Waals surface area contributed by atoms with Gasteiger partial charge in [-0.25, -0.2) is 9.78 Å². The van der Waals surface area contributed by atoms with Gasteiger partial charge < -0.3 is 44.4 Å². The molecular formula is C32H41N7O8. The first-order valence-electron chi connectivity index (χ1n) is 15.4. The highest BCUT2D eigenvalue weighted by molar-refractivity contribution is 5.80. The summed E-state index contributed by atoms with van der Waals surface area (Å²) >= 11 is 0. The molecule has 0 saturated carbocycles. The molecule has 3 unspecified atom stereocenters. The SMILES string of the molecule is COC(=O)CNC(=O)NC[C@H]1O[C@@H](n2cnc3c2NCNC3NCc2ccc(OCc3ccc(OC)cc3)cc2)C2OC(C)(C)OC21. The molecule has 2 fully saturated rings. The van der Waals surface area contributed by atoms with Gasteiger partial charge in [0, 0.05) is 13.1 Å². The summed E-state index contributed by atoms with van der Waals surface area (Å²) in [4.78, 5) is 28.3. The highest BCUT2D eigenvalue weighted by Gasteiger charge is 2.56. The van der Waals surface area contributed by atoms with Crippen LogP contribution < -0.4 is 36.1 Å². The third-order valence-electron chi connectivity index (χ3n) is 8.14. The van der Waals surface area contributed by atoms with Crippen molar-refractivity contribution >= 4 is 17.8 Å². The van der Waals surface area contributed by atoms with E-state index in [1.165, 1.54) is 7.11 Å².